The predicted molar refractivity (Wildman–Crippen MR) is 95.5 cm³/mol. The van der Waals surface area contributed by atoms with E-state index in [-0.39, 0.29) is 12.8 Å². The zero-order valence-corrected chi connectivity index (χ0v) is 17.0. The Morgan fingerprint density at radius 2 is 1.59 bits per heavy atom. The van der Waals surface area contributed by atoms with Crippen LogP contribution in [0, 0.1) is 5.41 Å². The van der Waals surface area contributed by atoms with Crippen molar-refractivity contribution in [3.8, 4) is 0 Å². The van der Waals surface area contributed by atoms with E-state index >= 15 is 0 Å². The first-order chi connectivity index (χ1) is 12.2. The highest BCUT2D eigenvalue weighted by Gasteiger charge is 2.41. The Kier molecular flexibility index (Phi) is 7.09. The summed E-state index contributed by atoms with van der Waals surface area (Å²) in [7, 11) is 2.79. The number of rotatable bonds is 7. The van der Waals surface area contributed by atoms with Gasteiger partial charge in [-0.25, -0.2) is 0 Å². The molecule has 154 valence electrons. The Bertz CT molecular complexity index is 592. The predicted octanol–water partition coefficient (Wildman–Crippen LogP) is -0.670. The minimum absolute atomic E-state index is 0.0235. The van der Waals surface area contributed by atoms with Crippen molar-refractivity contribution in [3.63, 3.8) is 0 Å². The van der Waals surface area contributed by atoms with Crippen LogP contribution in [0.2, 0.25) is 0 Å². The van der Waals surface area contributed by atoms with Crippen LogP contribution in [0.25, 0.3) is 0 Å². The largest absolute Gasteiger partial charge is 0.388 e. The van der Waals surface area contributed by atoms with Gasteiger partial charge in [0.25, 0.3) is 17.7 Å². The Morgan fingerprint density at radius 3 is 1.96 bits per heavy atom. The van der Waals surface area contributed by atoms with Gasteiger partial charge in [-0.05, 0) is 26.3 Å². The number of hydroxylamine groups is 4. The zero-order chi connectivity index (χ0) is 21.2. The van der Waals surface area contributed by atoms with Crippen molar-refractivity contribution in [2.45, 2.75) is 65.1 Å². The highest BCUT2D eigenvalue weighted by atomic mass is 16.8. The normalized spacial score (nSPS) is 17.7. The molecule has 0 unspecified atom stereocenters. The lowest BCUT2D eigenvalue weighted by molar-refractivity contribution is -0.275. The summed E-state index contributed by atoms with van der Waals surface area (Å²) >= 11 is 0. The third kappa shape index (κ3) is 5.72. The van der Waals surface area contributed by atoms with Gasteiger partial charge in [-0.1, -0.05) is 20.8 Å². The summed E-state index contributed by atoms with van der Waals surface area (Å²) in [5.74, 6) is -2.28. The number of amides is 4. The molecule has 10 nitrogen and oxygen atoms in total. The maximum atomic E-state index is 12.8. The average Bonchev–Trinajstić information content (AvgIpc) is 2.82. The average molecular weight is 386 g/mol. The van der Waals surface area contributed by atoms with Gasteiger partial charge in [0.05, 0.1) is 5.60 Å². The van der Waals surface area contributed by atoms with E-state index in [1.807, 2.05) is 0 Å². The summed E-state index contributed by atoms with van der Waals surface area (Å²) in [4.78, 5) is 53.9. The summed E-state index contributed by atoms with van der Waals surface area (Å²) < 4.78 is 0. The lowest BCUT2D eigenvalue weighted by Crippen LogP contribution is -2.61. The van der Waals surface area contributed by atoms with Crippen LogP contribution in [0.1, 0.15) is 47.5 Å². The molecule has 1 saturated heterocycles. The first-order valence-electron chi connectivity index (χ1n) is 8.71. The molecule has 1 heterocycles. The maximum Gasteiger partial charge on any atom is 0.270 e. The van der Waals surface area contributed by atoms with E-state index in [1.54, 1.807) is 20.8 Å². The third-order valence-corrected chi connectivity index (χ3v) is 4.18. The fourth-order valence-electron chi connectivity index (χ4n) is 2.67. The van der Waals surface area contributed by atoms with Gasteiger partial charge >= 0.3 is 0 Å². The molecule has 1 rings (SSSR count). The number of hydrogen-bond donors (Lipinski definition) is 3. The molecule has 4 amide bonds. The monoisotopic (exact) mass is 386 g/mol. The van der Waals surface area contributed by atoms with Crippen molar-refractivity contribution in [2.24, 2.45) is 5.41 Å². The number of likely N-dealkylation sites (N-methyl/N-ethyl adjacent to an activating group) is 2. The van der Waals surface area contributed by atoms with E-state index in [2.05, 4.69) is 10.6 Å². The lowest BCUT2D eigenvalue weighted by Gasteiger charge is -2.36. The number of nitrogens with zero attached hydrogens (tertiary/aromatic N) is 2. The van der Waals surface area contributed by atoms with Crippen LogP contribution < -0.4 is 10.6 Å². The van der Waals surface area contributed by atoms with Gasteiger partial charge in [-0.2, -0.15) is 5.06 Å². The van der Waals surface area contributed by atoms with Crippen molar-refractivity contribution in [2.75, 3.05) is 14.1 Å². The summed E-state index contributed by atoms with van der Waals surface area (Å²) in [5.41, 5.74) is -2.07. The Balaban J connectivity index is 2.96. The quantitative estimate of drug-likeness (QED) is 0.391. The molecular formula is C17H30N4O6. The third-order valence-electron chi connectivity index (χ3n) is 4.18. The molecule has 0 aliphatic carbocycles. The number of imide groups is 1. The molecule has 0 spiro atoms. The number of nitrogens with one attached hydrogen (secondary N) is 2. The summed E-state index contributed by atoms with van der Waals surface area (Å²) in [6, 6.07) is -1.98. The first kappa shape index (κ1) is 23.0. The Labute approximate surface area is 159 Å². The summed E-state index contributed by atoms with van der Waals surface area (Å²) in [6.45, 7) is 8.18. The van der Waals surface area contributed by atoms with Crippen molar-refractivity contribution >= 4 is 23.6 Å². The van der Waals surface area contributed by atoms with E-state index in [1.165, 1.54) is 27.9 Å². The van der Waals surface area contributed by atoms with Crippen molar-refractivity contribution < 1.29 is 29.2 Å². The number of aliphatic hydroxyl groups is 1. The molecule has 0 aromatic rings. The zero-order valence-electron chi connectivity index (χ0n) is 17.0. The van der Waals surface area contributed by atoms with Crippen LogP contribution in [0.15, 0.2) is 0 Å². The molecular weight excluding hydrogens is 356 g/mol. The van der Waals surface area contributed by atoms with Crippen LogP contribution in [0.4, 0.5) is 0 Å². The highest BCUT2D eigenvalue weighted by Crippen LogP contribution is 2.23. The molecule has 27 heavy (non-hydrogen) atoms. The molecule has 0 aromatic heterocycles. The minimum Gasteiger partial charge on any atom is -0.388 e. The lowest BCUT2D eigenvalue weighted by atomic mass is 9.85. The van der Waals surface area contributed by atoms with Gasteiger partial charge in [-0.15, -0.1) is 10.0 Å². The Hall–Kier alpha value is -2.04. The summed E-state index contributed by atoms with van der Waals surface area (Å²) in [6.07, 6.45) is 0.0471. The van der Waals surface area contributed by atoms with Crippen LogP contribution in [0.3, 0.4) is 0 Å². The van der Waals surface area contributed by atoms with Crippen LogP contribution in [-0.4, -0.2) is 70.6 Å². The standard InChI is InChI=1S/C17H30N4O6/c1-16(2,3)13(19-14(24)12(18-6)17(4,5)26)15(25)20(7)27-21-10(22)8-9-11(21)23/h12-13,18,26H,8-9H2,1-7H3,(H,19,24)/t12-,13-/m1/s1. The topological polar surface area (TPSA) is 128 Å². The first-order valence-corrected chi connectivity index (χ1v) is 8.71. The maximum absolute atomic E-state index is 12.8. The van der Waals surface area contributed by atoms with E-state index in [4.69, 9.17) is 4.94 Å². The molecule has 10 heteroatoms. The Morgan fingerprint density at radius 1 is 1.11 bits per heavy atom. The molecule has 0 radical (unpaired) electrons. The molecule has 1 aliphatic heterocycles. The second-order valence-electron chi connectivity index (χ2n) is 8.18. The van der Waals surface area contributed by atoms with E-state index in [9.17, 15) is 24.3 Å². The van der Waals surface area contributed by atoms with Crippen LogP contribution >= 0.6 is 0 Å². The summed E-state index contributed by atoms with van der Waals surface area (Å²) in [5, 5.41) is 16.8. The van der Waals surface area contributed by atoms with E-state index in [0.29, 0.717) is 5.06 Å². The fourth-order valence-corrected chi connectivity index (χ4v) is 2.67. The van der Waals surface area contributed by atoms with Gasteiger partial charge < -0.3 is 15.7 Å². The van der Waals surface area contributed by atoms with Crippen molar-refractivity contribution in [1.29, 1.82) is 0 Å². The smallest absolute Gasteiger partial charge is 0.270 e. The second-order valence-corrected chi connectivity index (χ2v) is 8.18. The van der Waals surface area contributed by atoms with E-state index in [0.717, 1.165) is 5.06 Å². The van der Waals surface area contributed by atoms with Gasteiger partial charge in [-0.3, -0.25) is 19.2 Å². The molecule has 0 saturated carbocycles. The molecule has 2 atom stereocenters. The van der Waals surface area contributed by atoms with Gasteiger partial charge in [0, 0.05) is 19.9 Å². The number of carbonyl (C=O) groups is 4. The molecule has 1 aliphatic rings. The molecule has 1 fully saturated rings. The van der Waals surface area contributed by atoms with Gasteiger partial charge in [0.2, 0.25) is 5.91 Å². The fraction of sp³-hybridized carbons (Fsp3) is 0.765. The van der Waals surface area contributed by atoms with E-state index < -0.39 is 46.7 Å². The van der Waals surface area contributed by atoms with Gasteiger partial charge in [0.15, 0.2) is 0 Å². The van der Waals surface area contributed by atoms with Crippen LogP contribution in [0.5, 0.6) is 0 Å². The number of hydrogen-bond acceptors (Lipinski definition) is 7. The SMILES string of the molecule is CN[C@H](C(=O)N[C@H](C(=O)N(C)ON1C(=O)CCC1=O)C(C)(C)C)C(C)(C)O. The molecule has 0 aromatic carbocycles. The molecule has 0 bridgehead atoms. The minimum atomic E-state index is -1.36. The number of carbonyl (C=O) groups excluding carboxylic acids is 4. The molecule has 3 N–H and O–H groups in total. The van der Waals surface area contributed by atoms with Gasteiger partial charge in [0.1, 0.15) is 12.1 Å². The highest BCUT2D eigenvalue weighted by molar-refractivity contribution is 6.00. The van der Waals surface area contributed by atoms with Crippen molar-refractivity contribution in [3.05, 3.63) is 0 Å². The van der Waals surface area contributed by atoms with Crippen LogP contribution in [-0.2, 0) is 24.1 Å². The van der Waals surface area contributed by atoms with Crippen molar-refractivity contribution in [1.82, 2.24) is 20.8 Å². The second kappa shape index (κ2) is 8.32.